The minimum absolute atomic E-state index is 0.120. The van der Waals surface area contributed by atoms with Gasteiger partial charge in [0.2, 0.25) is 0 Å². The van der Waals surface area contributed by atoms with E-state index in [1.807, 2.05) is 51.3 Å². The maximum Gasteiger partial charge on any atom is 0.410 e. The van der Waals surface area contributed by atoms with Gasteiger partial charge in [0, 0.05) is 13.1 Å². The van der Waals surface area contributed by atoms with E-state index in [4.69, 9.17) is 19.4 Å². The van der Waals surface area contributed by atoms with Crippen molar-refractivity contribution in [1.82, 2.24) is 29.7 Å². The number of benzene rings is 3. The van der Waals surface area contributed by atoms with Gasteiger partial charge >= 0.3 is 12.2 Å². The molecule has 1 saturated carbocycles. The molecule has 10 nitrogen and oxygen atoms in total. The molecule has 4 heterocycles. The topological polar surface area (TPSA) is 116 Å². The standard InChI is InChI=1S/C43H50N6O4/c1-42(2,3)52-40(50)48-19-7-9-34(48)38-44-30-17-13-24(22-32(30)46-38)28-15-16-29(37-27-12-11-26(21-27)36(28)37)25-14-18-31-33(23-25)47-39(45-31)35-10-8-20-49(35)41(51)53-43(4,5)6/h13-18,22-23,26-27,34-35H,7-12,19-21H2,1-6H3,(H,44,46)(H,45,47)/t26?,27?,34-,35-/m0/s1. The van der Waals surface area contributed by atoms with Gasteiger partial charge in [0.1, 0.15) is 22.9 Å². The molecule has 53 heavy (non-hydrogen) atoms. The fourth-order valence-electron chi connectivity index (χ4n) is 9.41. The molecule has 2 aliphatic heterocycles. The molecule has 2 N–H and O–H groups in total. The van der Waals surface area contributed by atoms with Crippen molar-refractivity contribution in [2.75, 3.05) is 13.1 Å². The lowest BCUT2D eigenvalue weighted by molar-refractivity contribution is 0.0208. The van der Waals surface area contributed by atoms with Gasteiger partial charge in [-0.1, -0.05) is 24.3 Å². The number of aromatic nitrogens is 4. The zero-order chi connectivity index (χ0) is 36.8. The number of aromatic amines is 2. The van der Waals surface area contributed by atoms with Crippen molar-refractivity contribution < 1.29 is 19.1 Å². The first-order valence-corrected chi connectivity index (χ1v) is 19.5. The van der Waals surface area contributed by atoms with Crippen LogP contribution in [-0.2, 0) is 9.47 Å². The van der Waals surface area contributed by atoms with Crippen LogP contribution in [0.3, 0.4) is 0 Å². The zero-order valence-corrected chi connectivity index (χ0v) is 31.7. The lowest BCUT2D eigenvalue weighted by Gasteiger charge is -2.27. The van der Waals surface area contributed by atoms with Crippen LogP contribution in [0.4, 0.5) is 9.59 Å². The first-order chi connectivity index (χ1) is 25.3. The highest BCUT2D eigenvalue weighted by Gasteiger charge is 2.41. The van der Waals surface area contributed by atoms with Crippen molar-refractivity contribution >= 4 is 34.3 Å². The van der Waals surface area contributed by atoms with E-state index >= 15 is 0 Å². The van der Waals surface area contributed by atoms with Gasteiger partial charge in [0.05, 0.1) is 34.2 Å². The van der Waals surface area contributed by atoms with Crippen molar-refractivity contribution in [3.05, 3.63) is 71.3 Å². The first kappa shape index (κ1) is 33.9. The molecule has 10 heteroatoms. The van der Waals surface area contributed by atoms with Gasteiger partial charge in [0.15, 0.2) is 0 Å². The second-order valence-electron chi connectivity index (χ2n) is 17.6. The van der Waals surface area contributed by atoms with Crippen LogP contribution in [0.25, 0.3) is 44.3 Å². The Bertz CT molecular complexity index is 2100. The number of nitrogens with one attached hydrogen (secondary N) is 2. The van der Waals surface area contributed by atoms with Gasteiger partial charge in [-0.15, -0.1) is 0 Å². The van der Waals surface area contributed by atoms with E-state index in [0.717, 1.165) is 59.4 Å². The van der Waals surface area contributed by atoms with E-state index in [0.29, 0.717) is 24.9 Å². The highest BCUT2D eigenvalue weighted by Crippen LogP contribution is 2.58. The lowest BCUT2D eigenvalue weighted by Crippen LogP contribution is -2.36. The molecule has 3 aromatic carbocycles. The van der Waals surface area contributed by atoms with Crippen LogP contribution in [0, 0.1) is 0 Å². The van der Waals surface area contributed by atoms with E-state index in [1.54, 1.807) is 0 Å². The second kappa shape index (κ2) is 12.4. The number of rotatable bonds is 4. The van der Waals surface area contributed by atoms with E-state index in [1.165, 1.54) is 52.6 Å². The number of H-pyrrole nitrogens is 2. The predicted molar refractivity (Wildman–Crippen MR) is 206 cm³/mol. The Morgan fingerprint density at radius 3 is 1.49 bits per heavy atom. The van der Waals surface area contributed by atoms with E-state index in [2.05, 4.69) is 58.5 Å². The second-order valence-corrected chi connectivity index (χ2v) is 17.6. The summed E-state index contributed by atoms with van der Waals surface area (Å²) in [5.41, 5.74) is 10.6. The molecular weight excluding hydrogens is 665 g/mol. The summed E-state index contributed by atoms with van der Waals surface area (Å²) in [7, 11) is 0. The van der Waals surface area contributed by atoms with Crippen LogP contribution in [0.2, 0.25) is 0 Å². The molecule has 0 spiro atoms. The summed E-state index contributed by atoms with van der Waals surface area (Å²) in [5, 5.41) is 0. The molecule has 9 rings (SSSR count). The lowest BCUT2D eigenvalue weighted by atomic mass is 9.81. The summed E-state index contributed by atoms with van der Waals surface area (Å²) in [5.74, 6) is 2.75. The molecule has 2 unspecified atom stereocenters. The van der Waals surface area contributed by atoms with Gasteiger partial charge in [0.25, 0.3) is 0 Å². The molecule has 2 aromatic heterocycles. The first-order valence-electron chi connectivity index (χ1n) is 19.5. The Hall–Kier alpha value is -4.86. The molecule has 3 fully saturated rings. The Labute approximate surface area is 310 Å². The minimum atomic E-state index is -0.542. The van der Waals surface area contributed by atoms with Gasteiger partial charge in [-0.25, -0.2) is 19.6 Å². The average molecular weight is 715 g/mol. The van der Waals surface area contributed by atoms with Crippen LogP contribution in [0.1, 0.15) is 133 Å². The molecule has 0 radical (unpaired) electrons. The van der Waals surface area contributed by atoms with Crippen molar-refractivity contribution in [3.63, 3.8) is 0 Å². The summed E-state index contributed by atoms with van der Waals surface area (Å²) >= 11 is 0. The number of ether oxygens (including phenoxy) is 2. The number of hydrogen-bond donors (Lipinski definition) is 2. The maximum absolute atomic E-state index is 13.0. The molecule has 5 aromatic rings. The monoisotopic (exact) mass is 714 g/mol. The molecule has 2 amide bonds. The predicted octanol–water partition coefficient (Wildman–Crippen LogP) is 10.3. The SMILES string of the molecule is CC(C)(C)OC(=O)N1CCC[C@H]1c1nc2cc(-c3ccc(-c4ccc5[nH]c([C@@H]6CCCN6C(=O)OC(C)(C)C)nc5c4)c4c3C3CCC4C3)ccc2[nH]1. The zero-order valence-electron chi connectivity index (χ0n) is 31.7. The number of carbonyl (C=O) groups is 2. The van der Waals surface area contributed by atoms with Gasteiger partial charge < -0.3 is 19.4 Å². The van der Waals surface area contributed by atoms with Gasteiger partial charge in [-0.2, -0.15) is 0 Å². The quantitative estimate of drug-likeness (QED) is 0.191. The Morgan fingerprint density at radius 1 is 0.642 bits per heavy atom. The molecule has 4 atom stereocenters. The summed E-state index contributed by atoms with van der Waals surface area (Å²) in [6.45, 7) is 12.8. The van der Waals surface area contributed by atoms with Crippen LogP contribution >= 0.6 is 0 Å². The van der Waals surface area contributed by atoms with Gasteiger partial charge in [-0.3, -0.25) is 9.80 Å². The largest absolute Gasteiger partial charge is 0.444 e. The molecule has 2 aliphatic carbocycles. The Balaban J connectivity index is 1.02. The fraction of sp³-hybridized carbons (Fsp3) is 0.488. The summed E-state index contributed by atoms with van der Waals surface area (Å²) in [6.07, 6.45) is 6.66. The minimum Gasteiger partial charge on any atom is -0.444 e. The van der Waals surface area contributed by atoms with Crippen molar-refractivity contribution in [3.8, 4) is 22.3 Å². The normalized spacial score (nSPS) is 22.7. The number of amides is 2. The molecule has 2 saturated heterocycles. The number of carbonyl (C=O) groups excluding carboxylic acids is 2. The van der Waals surface area contributed by atoms with E-state index in [9.17, 15) is 9.59 Å². The van der Waals surface area contributed by atoms with E-state index < -0.39 is 11.2 Å². The third-order valence-electron chi connectivity index (χ3n) is 11.6. The van der Waals surface area contributed by atoms with Gasteiger partial charge in [-0.05, 0) is 156 Å². The summed E-state index contributed by atoms with van der Waals surface area (Å²) < 4.78 is 11.4. The smallest absolute Gasteiger partial charge is 0.410 e. The molecular formula is C43H50N6O4. The van der Waals surface area contributed by atoms with Crippen LogP contribution < -0.4 is 0 Å². The highest BCUT2D eigenvalue weighted by molar-refractivity contribution is 5.88. The molecule has 4 aliphatic rings. The number of imidazole rings is 2. The third kappa shape index (κ3) is 6.13. The Kier molecular flexibility index (Phi) is 7.91. The maximum atomic E-state index is 13.0. The molecule has 276 valence electrons. The van der Waals surface area contributed by atoms with Crippen molar-refractivity contribution in [2.45, 2.75) is 122 Å². The number of hydrogen-bond acceptors (Lipinski definition) is 6. The summed E-state index contributed by atoms with van der Waals surface area (Å²) in [6, 6.07) is 17.5. The molecule has 2 bridgehead atoms. The number of fused-ring (bicyclic) bond motifs is 7. The van der Waals surface area contributed by atoms with Crippen molar-refractivity contribution in [1.29, 1.82) is 0 Å². The summed E-state index contributed by atoms with van der Waals surface area (Å²) in [4.78, 5) is 46.9. The Morgan fingerprint density at radius 2 is 1.08 bits per heavy atom. The van der Waals surface area contributed by atoms with E-state index in [-0.39, 0.29) is 24.3 Å². The van der Waals surface area contributed by atoms with Crippen LogP contribution in [0.5, 0.6) is 0 Å². The third-order valence-corrected chi connectivity index (χ3v) is 11.6. The highest BCUT2D eigenvalue weighted by atomic mass is 16.6. The average Bonchev–Trinajstić information content (AvgIpc) is 3.95. The van der Waals surface area contributed by atoms with Crippen molar-refractivity contribution in [2.24, 2.45) is 0 Å². The number of likely N-dealkylation sites (tertiary alicyclic amines) is 2. The van der Waals surface area contributed by atoms with Crippen LogP contribution in [0.15, 0.2) is 48.5 Å². The van der Waals surface area contributed by atoms with Crippen LogP contribution in [-0.4, -0.2) is 66.2 Å². The number of nitrogens with zero attached hydrogens (tertiary/aromatic N) is 4. The fourth-order valence-corrected chi connectivity index (χ4v) is 9.41.